The zero-order valence-electron chi connectivity index (χ0n) is 10.9. The lowest BCUT2D eigenvalue weighted by Crippen LogP contribution is -2.33. The highest BCUT2D eigenvalue weighted by atomic mass is 15.2. The van der Waals surface area contributed by atoms with Gasteiger partial charge in [-0.2, -0.15) is 0 Å². The van der Waals surface area contributed by atoms with Crippen LogP contribution in [0.4, 0.5) is 5.82 Å². The van der Waals surface area contributed by atoms with Gasteiger partial charge < -0.3 is 10.2 Å². The van der Waals surface area contributed by atoms with Gasteiger partial charge in [0.25, 0.3) is 0 Å². The smallest absolute Gasteiger partial charge is 0.129 e. The zero-order valence-corrected chi connectivity index (χ0v) is 10.9. The highest BCUT2D eigenvalue weighted by molar-refractivity contribution is 5.40. The second-order valence-electron chi connectivity index (χ2n) is 4.74. The van der Waals surface area contributed by atoms with E-state index in [0.29, 0.717) is 6.04 Å². The number of hydrogen-bond acceptors (Lipinski definition) is 3. The highest BCUT2D eigenvalue weighted by Crippen LogP contribution is 2.26. The summed E-state index contributed by atoms with van der Waals surface area (Å²) < 4.78 is 0. The van der Waals surface area contributed by atoms with Crippen molar-refractivity contribution in [2.24, 2.45) is 0 Å². The summed E-state index contributed by atoms with van der Waals surface area (Å²) in [7, 11) is 1.96. The van der Waals surface area contributed by atoms with Crippen molar-refractivity contribution >= 4 is 5.82 Å². The molecule has 94 valence electrons. The van der Waals surface area contributed by atoms with E-state index in [1.807, 2.05) is 7.05 Å². The molecule has 1 aliphatic carbocycles. The Morgan fingerprint density at radius 3 is 2.76 bits per heavy atom. The van der Waals surface area contributed by atoms with Crippen LogP contribution in [0.15, 0.2) is 18.2 Å². The first-order valence-electron chi connectivity index (χ1n) is 6.72. The summed E-state index contributed by atoms with van der Waals surface area (Å²) in [4.78, 5) is 7.21. The Kier molecular flexibility index (Phi) is 4.37. The molecule has 17 heavy (non-hydrogen) atoms. The molecule has 3 nitrogen and oxygen atoms in total. The normalized spacial score (nSPS) is 16.4. The molecular weight excluding hydrogens is 210 g/mol. The van der Waals surface area contributed by atoms with Gasteiger partial charge in [-0.25, -0.2) is 4.98 Å². The fourth-order valence-electron chi connectivity index (χ4n) is 2.73. The van der Waals surface area contributed by atoms with E-state index >= 15 is 0 Å². The molecule has 0 radical (unpaired) electrons. The van der Waals surface area contributed by atoms with Crippen LogP contribution in [0.25, 0.3) is 0 Å². The van der Waals surface area contributed by atoms with Gasteiger partial charge in [0.15, 0.2) is 0 Å². The average molecular weight is 233 g/mol. The van der Waals surface area contributed by atoms with Gasteiger partial charge in [0, 0.05) is 19.1 Å². The maximum Gasteiger partial charge on any atom is 0.129 e. The van der Waals surface area contributed by atoms with Crippen molar-refractivity contribution in [3.8, 4) is 0 Å². The number of nitrogens with one attached hydrogen (secondary N) is 1. The number of nitrogens with zero attached hydrogens (tertiary/aromatic N) is 2. The van der Waals surface area contributed by atoms with Crippen LogP contribution in [0.5, 0.6) is 0 Å². The molecule has 1 N–H and O–H groups in total. The monoisotopic (exact) mass is 233 g/mol. The van der Waals surface area contributed by atoms with Crippen LogP contribution in [0.2, 0.25) is 0 Å². The molecule has 0 aromatic carbocycles. The van der Waals surface area contributed by atoms with Gasteiger partial charge in [0.2, 0.25) is 0 Å². The summed E-state index contributed by atoms with van der Waals surface area (Å²) in [5.41, 5.74) is 1.13. The van der Waals surface area contributed by atoms with Crippen LogP contribution >= 0.6 is 0 Å². The van der Waals surface area contributed by atoms with Crippen LogP contribution in [-0.2, 0) is 6.54 Å². The topological polar surface area (TPSA) is 28.2 Å². The van der Waals surface area contributed by atoms with E-state index in [1.165, 1.54) is 25.7 Å². The molecule has 3 heteroatoms. The average Bonchev–Trinajstić information content (AvgIpc) is 2.85. The maximum atomic E-state index is 4.74. The van der Waals surface area contributed by atoms with Crippen LogP contribution in [0.1, 0.15) is 38.3 Å². The molecule has 1 saturated carbocycles. The van der Waals surface area contributed by atoms with Crippen molar-refractivity contribution in [3.05, 3.63) is 23.9 Å². The molecule has 1 aromatic rings. The number of anilines is 1. The fraction of sp³-hybridized carbons (Fsp3) is 0.643. The van der Waals surface area contributed by atoms with Crippen molar-refractivity contribution < 1.29 is 0 Å². The first-order chi connectivity index (χ1) is 8.35. The summed E-state index contributed by atoms with van der Waals surface area (Å²) in [5.74, 6) is 1.15. The van der Waals surface area contributed by atoms with Crippen molar-refractivity contribution in [2.45, 2.75) is 45.2 Å². The zero-order chi connectivity index (χ0) is 12.1. The van der Waals surface area contributed by atoms with E-state index in [0.717, 1.165) is 24.6 Å². The van der Waals surface area contributed by atoms with Gasteiger partial charge >= 0.3 is 0 Å². The number of rotatable bonds is 5. The van der Waals surface area contributed by atoms with Gasteiger partial charge in [-0.05, 0) is 38.9 Å². The molecule has 0 amide bonds. The van der Waals surface area contributed by atoms with Crippen molar-refractivity contribution in [1.29, 1.82) is 0 Å². The second kappa shape index (κ2) is 6.01. The van der Waals surface area contributed by atoms with Crippen molar-refractivity contribution in [2.75, 3.05) is 18.5 Å². The molecule has 0 bridgehead atoms. The first-order valence-corrected chi connectivity index (χ1v) is 6.72. The van der Waals surface area contributed by atoms with Crippen molar-refractivity contribution in [1.82, 2.24) is 10.3 Å². The molecule has 1 aliphatic rings. The highest BCUT2D eigenvalue weighted by Gasteiger charge is 2.22. The van der Waals surface area contributed by atoms with Crippen LogP contribution < -0.4 is 10.2 Å². The molecule has 0 unspecified atom stereocenters. The van der Waals surface area contributed by atoms with Gasteiger partial charge in [0.05, 0.1) is 5.69 Å². The minimum Gasteiger partial charge on any atom is -0.354 e. The number of hydrogen-bond donors (Lipinski definition) is 1. The lowest BCUT2D eigenvalue weighted by Gasteiger charge is -2.29. The largest absolute Gasteiger partial charge is 0.354 e. The third kappa shape index (κ3) is 2.97. The van der Waals surface area contributed by atoms with Gasteiger partial charge in [-0.3, -0.25) is 0 Å². The van der Waals surface area contributed by atoms with E-state index in [2.05, 4.69) is 35.3 Å². The molecule has 1 aromatic heterocycles. The molecule has 0 saturated heterocycles. The third-order valence-electron chi connectivity index (χ3n) is 3.55. The first kappa shape index (κ1) is 12.4. The third-order valence-corrected chi connectivity index (χ3v) is 3.55. The molecule has 2 rings (SSSR count). The fourth-order valence-corrected chi connectivity index (χ4v) is 2.73. The lowest BCUT2D eigenvalue weighted by atomic mass is 10.2. The lowest BCUT2D eigenvalue weighted by molar-refractivity contribution is 0.611. The molecule has 0 spiro atoms. The van der Waals surface area contributed by atoms with E-state index in [-0.39, 0.29) is 0 Å². The number of pyridine rings is 1. The van der Waals surface area contributed by atoms with Gasteiger partial charge in [-0.1, -0.05) is 18.9 Å². The van der Waals surface area contributed by atoms with Gasteiger partial charge in [-0.15, -0.1) is 0 Å². The predicted molar refractivity (Wildman–Crippen MR) is 72.3 cm³/mol. The Bertz CT molecular complexity index is 345. The minimum absolute atomic E-state index is 0.706. The molecule has 1 heterocycles. The quantitative estimate of drug-likeness (QED) is 0.847. The molecular formula is C14H23N3. The van der Waals surface area contributed by atoms with E-state index < -0.39 is 0 Å². The van der Waals surface area contributed by atoms with Crippen molar-refractivity contribution in [3.63, 3.8) is 0 Å². The SMILES string of the molecule is CCN(c1cccc(CNC)n1)C1CCCC1. The summed E-state index contributed by atoms with van der Waals surface area (Å²) in [6.45, 7) is 4.13. The maximum absolute atomic E-state index is 4.74. The summed E-state index contributed by atoms with van der Waals surface area (Å²) in [6.07, 6.45) is 5.40. The molecule has 0 atom stereocenters. The van der Waals surface area contributed by atoms with E-state index in [4.69, 9.17) is 4.98 Å². The summed E-state index contributed by atoms with van der Waals surface area (Å²) in [5, 5.41) is 3.16. The Labute approximate surface area is 104 Å². The number of aromatic nitrogens is 1. The minimum atomic E-state index is 0.706. The Morgan fingerprint density at radius 1 is 1.35 bits per heavy atom. The second-order valence-corrected chi connectivity index (χ2v) is 4.74. The molecule has 1 fully saturated rings. The van der Waals surface area contributed by atoms with E-state index in [1.54, 1.807) is 0 Å². The van der Waals surface area contributed by atoms with E-state index in [9.17, 15) is 0 Å². The summed E-state index contributed by atoms with van der Waals surface area (Å²) >= 11 is 0. The Hall–Kier alpha value is -1.09. The predicted octanol–water partition coefficient (Wildman–Crippen LogP) is 2.57. The van der Waals surface area contributed by atoms with Crippen LogP contribution in [0.3, 0.4) is 0 Å². The molecule has 0 aliphatic heterocycles. The Morgan fingerprint density at radius 2 is 2.12 bits per heavy atom. The van der Waals surface area contributed by atoms with Crippen LogP contribution in [-0.4, -0.2) is 24.6 Å². The van der Waals surface area contributed by atoms with Gasteiger partial charge in [0.1, 0.15) is 5.82 Å². The Balaban J connectivity index is 2.14. The van der Waals surface area contributed by atoms with Crippen LogP contribution in [0, 0.1) is 0 Å². The standard InChI is InChI=1S/C14H23N3/c1-3-17(13-8-4-5-9-13)14-10-6-7-12(16-14)11-15-2/h6-7,10,13,15H,3-5,8-9,11H2,1-2H3. The summed E-state index contributed by atoms with van der Waals surface area (Å²) in [6, 6.07) is 7.05.